The van der Waals surface area contributed by atoms with Gasteiger partial charge >= 0.3 is 5.97 Å². The van der Waals surface area contributed by atoms with E-state index in [2.05, 4.69) is 15.8 Å². The monoisotopic (exact) mass is 423 g/mol. The average molecular weight is 423 g/mol. The topological polar surface area (TPSA) is 72.0 Å². The number of rotatable bonds is 6. The van der Waals surface area contributed by atoms with Crippen LogP contribution in [0.1, 0.15) is 15.9 Å². The van der Waals surface area contributed by atoms with Crippen LogP contribution in [0.4, 0.5) is 10.1 Å². The largest absolute Gasteiger partial charge is 0.497 e. The minimum atomic E-state index is -0.477. The Bertz CT molecular complexity index is 1050. The molecular formula is C22H18FN3O3S. The Balaban J connectivity index is 1.55. The van der Waals surface area contributed by atoms with E-state index in [9.17, 15) is 9.18 Å². The molecule has 3 rings (SSSR count). The lowest BCUT2D eigenvalue weighted by Gasteiger charge is -2.07. The number of esters is 1. The van der Waals surface area contributed by atoms with E-state index in [1.807, 2.05) is 0 Å². The number of methoxy groups -OCH3 is 1. The first kappa shape index (κ1) is 20.9. The molecule has 0 saturated heterocycles. The third kappa shape index (κ3) is 6.11. The van der Waals surface area contributed by atoms with Gasteiger partial charge in [0, 0.05) is 5.69 Å². The molecule has 0 fully saturated rings. The van der Waals surface area contributed by atoms with Crippen LogP contribution in [0.5, 0.6) is 11.5 Å². The molecule has 2 N–H and O–H groups in total. The molecule has 0 bridgehead atoms. The lowest BCUT2D eigenvalue weighted by atomic mass is 10.2. The quantitative estimate of drug-likeness (QED) is 0.202. The lowest BCUT2D eigenvalue weighted by molar-refractivity contribution is 0.0734. The summed E-state index contributed by atoms with van der Waals surface area (Å²) in [6.07, 6.45) is 1.53. The summed E-state index contributed by atoms with van der Waals surface area (Å²) >= 11 is 5.13. The van der Waals surface area contributed by atoms with E-state index in [0.717, 1.165) is 0 Å². The van der Waals surface area contributed by atoms with Crippen molar-refractivity contribution in [3.8, 4) is 11.5 Å². The highest BCUT2D eigenvalue weighted by molar-refractivity contribution is 7.80. The van der Waals surface area contributed by atoms with Crippen molar-refractivity contribution in [1.29, 1.82) is 0 Å². The number of hydrogen-bond donors (Lipinski definition) is 2. The van der Waals surface area contributed by atoms with Gasteiger partial charge in [0.1, 0.15) is 17.3 Å². The van der Waals surface area contributed by atoms with Gasteiger partial charge in [-0.1, -0.05) is 12.1 Å². The first-order valence-electron chi connectivity index (χ1n) is 8.85. The van der Waals surface area contributed by atoms with Gasteiger partial charge in [0.15, 0.2) is 5.11 Å². The Hall–Kier alpha value is -3.78. The molecule has 0 atom stereocenters. The Morgan fingerprint density at radius 2 is 1.77 bits per heavy atom. The van der Waals surface area contributed by atoms with E-state index in [4.69, 9.17) is 21.7 Å². The van der Waals surface area contributed by atoms with Crippen LogP contribution >= 0.6 is 12.2 Å². The maximum atomic E-state index is 12.9. The number of anilines is 1. The Labute approximate surface area is 178 Å². The van der Waals surface area contributed by atoms with Crippen molar-refractivity contribution in [3.63, 3.8) is 0 Å². The summed E-state index contributed by atoms with van der Waals surface area (Å²) in [4.78, 5) is 12.3. The molecule has 0 amide bonds. The Morgan fingerprint density at radius 3 is 2.47 bits per heavy atom. The Kier molecular flexibility index (Phi) is 7.07. The second kappa shape index (κ2) is 10.1. The van der Waals surface area contributed by atoms with Crippen LogP contribution in [-0.4, -0.2) is 24.4 Å². The van der Waals surface area contributed by atoms with Gasteiger partial charge in [0.25, 0.3) is 0 Å². The summed E-state index contributed by atoms with van der Waals surface area (Å²) < 4.78 is 23.4. The molecule has 152 valence electrons. The number of ether oxygens (including phenoxy) is 2. The van der Waals surface area contributed by atoms with Crippen molar-refractivity contribution in [2.45, 2.75) is 0 Å². The molecule has 30 heavy (non-hydrogen) atoms. The maximum Gasteiger partial charge on any atom is 0.343 e. The summed E-state index contributed by atoms with van der Waals surface area (Å²) in [6.45, 7) is 0. The van der Waals surface area contributed by atoms with E-state index in [0.29, 0.717) is 28.3 Å². The summed E-state index contributed by atoms with van der Waals surface area (Å²) in [5.41, 5.74) is 4.42. The molecule has 6 nitrogen and oxygen atoms in total. The maximum absolute atomic E-state index is 12.9. The number of halogens is 1. The van der Waals surface area contributed by atoms with Gasteiger partial charge in [-0.3, -0.25) is 5.43 Å². The van der Waals surface area contributed by atoms with Crippen LogP contribution in [0.2, 0.25) is 0 Å². The molecule has 0 unspecified atom stereocenters. The molecule has 3 aromatic rings. The van der Waals surface area contributed by atoms with Gasteiger partial charge in [0.05, 0.1) is 18.9 Å². The number of hydrogen-bond acceptors (Lipinski definition) is 5. The van der Waals surface area contributed by atoms with Crippen LogP contribution in [0, 0.1) is 5.82 Å². The highest BCUT2D eigenvalue weighted by Gasteiger charge is 2.09. The van der Waals surface area contributed by atoms with Crippen LogP contribution in [0.3, 0.4) is 0 Å². The molecular weight excluding hydrogens is 405 g/mol. The third-order valence-corrected chi connectivity index (χ3v) is 4.07. The average Bonchev–Trinajstić information content (AvgIpc) is 2.76. The zero-order valence-corrected chi connectivity index (χ0v) is 16.8. The molecule has 0 aliphatic rings. The van der Waals surface area contributed by atoms with Crippen molar-refractivity contribution in [3.05, 3.63) is 89.7 Å². The van der Waals surface area contributed by atoms with Crippen LogP contribution in [0.15, 0.2) is 77.9 Å². The minimum Gasteiger partial charge on any atom is -0.497 e. The van der Waals surface area contributed by atoms with Gasteiger partial charge in [0.2, 0.25) is 0 Å². The molecule has 0 saturated carbocycles. The van der Waals surface area contributed by atoms with Gasteiger partial charge in [-0.2, -0.15) is 5.10 Å². The van der Waals surface area contributed by atoms with E-state index < -0.39 is 5.97 Å². The zero-order chi connectivity index (χ0) is 21.3. The van der Waals surface area contributed by atoms with E-state index >= 15 is 0 Å². The second-order valence-corrected chi connectivity index (χ2v) is 6.43. The normalized spacial score (nSPS) is 10.5. The number of nitrogens with one attached hydrogen (secondary N) is 2. The summed E-state index contributed by atoms with van der Waals surface area (Å²) in [5.74, 6) is 0.232. The number of nitrogens with zero attached hydrogens (tertiary/aromatic N) is 1. The SMILES string of the molecule is COc1ccc(C(=O)Oc2cccc(/C=N\NC(=S)Nc3ccc(F)cc3)c2)cc1. The number of carbonyl (C=O) groups excluding carboxylic acids is 1. The number of thiocarbonyl (C=S) groups is 1. The van der Waals surface area contributed by atoms with E-state index in [1.54, 1.807) is 67.8 Å². The van der Waals surface area contributed by atoms with Gasteiger partial charge in [-0.05, 0) is 78.4 Å². The van der Waals surface area contributed by atoms with Gasteiger partial charge in [-0.25, -0.2) is 9.18 Å². The van der Waals surface area contributed by atoms with Crippen molar-refractivity contribution >= 4 is 35.2 Å². The smallest absolute Gasteiger partial charge is 0.343 e. The lowest BCUT2D eigenvalue weighted by Crippen LogP contribution is -2.23. The van der Waals surface area contributed by atoms with Crippen molar-refractivity contribution < 1.29 is 18.7 Å². The fourth-order valence-corrected chi connectivity index (χ4v) is 2.58. The first-order valence-corrected chi connectivity index (χ1v) is 9.26. The van der Waals surface area contributed by atoms with Gasteiger partial charge in [-0.15, -0.1) is 0 Å². The number of carbonyl (C=O) groups is 1. The number of hydrazone groups is 1. The highest BCUT2D eigenvalue weighted by Crippen LogP contribution is 2.16. The molecule has 0 spiro atoms. The van der Waals surface area contributed by atoms with Crippen molar-refractivity contribution in [1.82, 2.24) is 5.43 Å². The fourth-order valence-electron chi connectivity index (χ4n) is 2.41. The summed E-state index contributed by atoms with van der Waals surface area (Å²) in [7, 11) is 1.56. The van der Waals surface area contributed by atoms with E-state index in [-0.39, 0.29) is 10.9 Å². The molecule has 0 aliphatic heterocycles. The predicted octanol–water partition coefficient (Wildman–Crippen LogP) is 4.37. The molecule has 0 heterocycles. The first-order chi connectivity index (χ1) is 14.5. The molecule has 0 aromatic heterocycles. The summed E-state index contributed by atoms with van der Waals surface area (Å²) in [5, 5.41) is 7.18. The van der Waals surface area contributed by atoms with Crippen LogP contribution < -0.4 is 20.2 Å². The molecule has 8 heteroatoms. The fraction of sp³-hybridized carbons (Fsp3) is 0.0455. The standard InChI is InChI=1S/C22H18FN3O3S/c1-28-19-11-5-16(6-12-19)21(27)29-20-4-2-3-15(13-20)14-24-26-22(30)25-18-9-7-17(23)8-10-18/h2-14H,1H3,(H2,25,26,30)/b24-14-. The van der Waals surface area contributed by atoms with Crippen molar-refractivity contribution in [2.75, 3.05) is 12.4 Å². The van der Waals surface area contributed by atoms with Crippen molar-refractivity contribution in [2.24, 2.45) is 5.10 Å². The third-order valence-electron chi connectivity index (χ3n) is 3.88. The zero-order valence-electron chi connectivity index (χ0n) is 16.0. The van der Waals surface area contributed by atoms with Crippen LogP contribution in [-0.2, 0) is 0 Å². The Morgan fingerprint density at radius 1 is 1.03 bits per heavy atom. The highest BCUT2D eigenvalue weighted by atomic mass is 32.1. The van der Waals surface area contributed by atoms with Crippen LogP contribution in [0.25, 0.3) is 0 Å². The minimum absolute atomic E-state index is 0.250. The molecule has 3 aromatic carbocycles. The molecule has 0 radical (unpaired) electrons. The van der Waals surface area contributed by atoms with Gasteiger partial charge < -0.3 is 14.8 Å². The summed E-state index contributed by atoms with van der Waals surface area (Å²) in [6, 6.07) is 19.3. The molecule has 0 aliphatic carbocycles. The number of benzene rings is 3. The second-order valence-electron chi connectivity index (χ2n) is 6.02. The van der Waals surface area contributed by atoms with E-state index in [1.165, 1.54) is 18.3 Å². The predicted molar refractivity (Wildman–Crippen MR) is 118 cm³/mol.